The van der Waals surface area contributed by atoms with Crippen molar-refractivity contribution in [3.63, 3.8) is 0 Å². The van der Waals surface area contributed by atoms with Gasteiger partial charge < -0.3 is 14.8 Å². The van der Waals surface area contributed by atoms with Gasteiger partial charge in [-0.05, 0) is 5.56 Å². The molecule has 1 aliphatic rings. The van der Waals surface area contributed by atoms with E-state index >= 15 is 0 Å². The van der Waals surface area contributed by atoms with Crippen molar-refractivity contribution in [2.45, 2.75) is 12.6 Å². The van der Waals surface area contributed by atoms with E-state index in [1.54, 1.807) is 0 Å². The first-order valence-corrected chi connectivity index (χ1v) is 5.33. The third kappa shape index (κ3) is 3.29. The Balaban J connectivity index is 1.76. The summed E-state index contributed by atoms with van der Waals surface area (Å²) in [4.78, 5) is 22.6. The lowest BCUT2D eigenvalue weighted by Gasteiger charge is -2.10. The maximum Gasteiger partial charge on any atom is 0.408 e. The van der Waals surface area contributed by atoms with Crippen LogP contribution in [0.1, 0.15) is 5.56 Å². The number of carbonyl (C=O) groups excluding carboxylic acids is 2. The molecule has 2 rings (SSSR count). The smallest absolute Gasteiger partial charge is 0.408 e. The van der Waals surface area contributed by atoms with Gasteiger partial charge in [0.25, 0.3) is 0 Å². The van der Waals surface area contributed by atoms with E-state index in [2.05, 4.69) is 5.32 Å². The fourth-order valence-electron chi connectivity index (χ4n) is 1.50. The molecule has 0 saturated carbocycles. The molecule has 1 N–H and O–H groups in total. The highest BCUT2D eigenvalue weighted by Gasteiger charge is 2.27. The summed E-state index contributed by atoms with van der Waals surface area (Å²) < 4.78 is 9.89. The molecule has 1 fully saturated rings. The maximum atomic E-state index is 11.4. The number of hydrogen-bond donors (Lipinski definition) is 1. The van der Waals surface area contributed by atoms with Crippen LogP contribution in [0.5, 0.6) is 0 Å². The molecule has 90 valence electrons. The minimum atomic E-state index is -0.599. The Labute approximate surface area is 98.7 Å². The third-order valence-electron chi connectivity index (χ3n) is 2.42. The second-order valence-corrected chi connectivity index (χ2v) is 3.74. The predicted molar refractivity (Wildman–Crippen MR) is 59.4 cm³/mol. The van der Waals surface area contributed by atoms with Gasteiger partial charge in [-0.2, -0.15) is 0 Å². The molecular formula is C12H13NO4. The fourth-order valence-corrected chi connectivity index (χ4v) is 1.50. The zero-order valence-corrected chi connectivity index (χ0v) is 9.22. The molecule has 17 heavy (non-hydrogen) atoms. The van der Waals surface area contributed by atoms with Crippen LogP contribution in [-0.4, -0.2) is 31.1 Å². The number of carbonyl (C=O) groups is 2. The minimum Gasteiger partial charge on any atom is -0.445 e. The molecule has 0 bridgehead atoms. The van der Waals surface area contributed by atoms with Crippen LogP contribution in [0.3, 0.4) is 0 Å². The second kappa shape index (κ2) is 5.45. The molecule has 1 unspecified atom stereocenters. The van der Waals surface area contributed by atoms with Gasteiger partial charge in [-0.1, -0.05) is 30.3 Å². The van der Waals surface area contributed by atoms with Crippen molar-refractivity contribution < 1.29 is 19.1 Å². The Morgan fingerprint density at radius 2 is 2.18 bits per heavy atom. The molecule has 0 spiro atoms. The van der Waals surface area contributed by atoms with E-state index in [0.29, 0.717) is 0 Å². The summed E-state index contributed by atoms with van der Waals surface area (Å²) in [6.45, 7) is 0.470. The van der Waals surface area contributed by atoms with Crippen LogP contribution in [0.15, 0.2) is 30.3 Å². The lowest BCUT2D eigenvalue weighted by atomic mass is 10.2. The lowest BCUT2D eigenvalue weighted by molar-refractivity contribution is -0.119. The zero-order valence-electron chi connectivity index (χ0n) is 9.22. The van der Waals surface area contributed by atoms with E-state index in [4.69, 9.17) is 9.47 Å². The number of benzene rings is 1. The molecule has 0 aliphatic carbocycles. The van der Waals surface area contributed by atoms with E-state index in [9.17, 15) is 9.59 Å². The third-order valence-corrected chi connectivity index (χ3v) is 2.42. The van der Waals surface area contributed by atoms with Gasteiger partial charge in [-0.25, -0.2) is 4.79 Å². The van der Waals surface area contributed by atoms with Gasteiger partial charge in [0.1, 0.15) is 19.3 Å². The van der Waals surface area contributed by atoms with Gasteiger partial charge in [-0.15, -0.1) is 0 Å². The number of Topliss-reactive ketones (excluding diaryl/α,β-unsaturated/α-hetero) is 1. The van der Waals surface area contributed by atoms with Crippen molar-refractivity contribution in [1.82, 2.24) is 5.32 Å². The van der Waals surface area contributed by atoms with Crippen LogP contribution in [0, 0.1) is 0 Å². The van der Waals surface area contributed by atoms with Gasteiger partial charge in [0, 0.05) is 0 Å². The second-order valence-electron chi connectivity index (χ2n) is 3.74. The normalized spacial score (nSPS) is 19.1. The van der Waals surface area contributed by atoms with Crippen molar-refractivity contribution in [3.8, 4) is 0 Å². The van der Waals surface area contributed by atoms with E-state index in [-0.39, 0.29) is 25.6 Å². The molecule has 1 aromatic carbocycles. The Kier molecular flexibility index (Phi) is 3.72. The quantitative estimate of drug-likeness (QED) is 0.844. The topological polar surface area (TPSA) is 64.6 Å². The molecule has 1 aliphatic heterocycles. The summed E-state index contributed by atoms with van der Waals surface area (Å²) in [6.07, 6.45) is -0.599. The average molecular weight is 235 g/mol. The monoisotopic (exact) mass is 235 g/mol. The molecule has 5 nitrogen and oxygen atoms in total. The van der Waals surface area contributed by atoms with Gasteiger partial charge in [0.2, 0.25) is 0 Å². The number of hydrogen-bond acceptors (Lipinski definition) is 4. The number of alkyl carbamates (subject to hydrolysis) is 1. The summed E-state index contributed by atoms with van der Waals surface area (Å²) in [6, 6.07) is 8.76. The van der Waals surface area contributed by atoms with Crippen LogP contribution >= 0.6 is 0 Å². The molecule has 1 amide bonds. The molecule has 1 heterocycles. The SMILES string of the molecule is O=C(NC1COCC1=O)OCc1ccccc1. The Morgan fingerprint density at radius 1 is 1.41 bits per heavy atom. The number of ether oxygens (including phenoxy) is 2. The largest absolute Gasteiger partial charge is 0.445 e. The summed E-state index contributed by atoms with van der Waals surface area (Å²) in [7, 11) is 0. The molecular weight excluding hydrogens is 222 g/mol. The zero-order chi connectivity index (χ0) is 12.1. The Bertz CT molecular complexity index is 404. The first-order chi connectivity index (χ1) is 8.25. The highest BCUT2D eigenvalue weighted by atomic mass is 16.5. The van der Waals surface area contributed by atoms with Crippen LogP contribution in [0.2, 0.25) is 0 Å². The van der Waals surface area contributed by atoms with E-state index in [0.717, 1.165) is 5.56 Å². The molecule has 5 heteroatoms. The standard InChI is InChI=1S/C12H13NO4/c14-11-8-16-7-10(11)13-12(15)17-6-9-4-2-1-3-5-9/h1-5,10H,6-8H2,(H,13,15). The van der Waals surface area contributed by atoms with Gasteiger partial charge in [0.15, 0.2) is 5.78 Å². The average Bonchev–Trinajstić information content (AvgIpc) is 2.74. The van der Waals surface area contributed by atoms with Crippen molar-refractivity contribution in [2.24, 2.45) is 0 Å². The van der Waals surface area contributed by atoms with Crippen LogP contribution in [-0.2, 0) is 20.9 Å². The fraction of sp³-hybridized carbons (Fsp3) is 0.333. The lowest BCUT2D eigenvalue weighted by Crippen LogP contribution is -2.40. The minimum absolute atomic E-state index is 0.0592. The maximum absolute atomic E-state index is 11.4. The summed E-state index contributed by atoms with van der Waals surface area (Å²) in [5, 5.41) is 2.46. The number of rotatable bonds is 3. The highest BCUT2D eigenvalue weighted by molar-refractivity contribution is 5.89. The summed E-state index contributed by atoms with van der Waals surface area (Å²) in [5.74, 6) is -0.123. The van der Waals surface area contributed by atoms with Gasteiger partial charge >= 0.3 is 6.09 Å². The summed E-state index contributed by atoms with van der Waals surface area (Å²) in [5.41, 5.74) is 0.900. The molecule has 1 atom stereocenters. The molecule has 0 aromatic heterocycles. The van der Waals surface area contributed by atoms with Crippen molar-refractivity contribution >= 4 is 11.9 Å². The van der Waals surface area contributed by atoms with E-state index in [1.807, 2.05) is 30.3 Å². The van der Waals surface area contributed by atoms with Gasteiger partial charge in [-0.3, -0.25) is 4.79 Å². The first kappa shape index (κ1) is 11.6. The number of nitrogens with one attached hydrogen (secondary N) is 1. The molecule has 1 aromatic rings. The molecule has 0 radical (unpaired) electrons. The highest BCUT2D eigenvalue weighted by Crippen LogP contribution is 2.03. The van der Waals surface area contributed by atoms with Crippen molar-refractivity contribution in [2.75, 3.05) is 13.2 Å². The molecule has 1 saturated heterocycles. The van der Waals surface area contributed by atoms with Gasteiger partial charge in [0.05, 0.1) is 6.61 Å². The van der Waals surface area contributed by atoms with E-state index in [1.165, 1.54) is 0 Å². The number of ketones is 1. The van der Waals surface area contributed by atoms with Crippen molar-refractivity contribution in [1.29, 1.82) is 0 Å². The van der Waals surface area contributed by atoms with Crippen LogP contribution in [0.25, 0.3) is 0 Å². The number of amides is 1. The first-order valence-electron chi connectivity index (χ1n) is 5.33. The van der Waals surface area contributed by atoms with Crippen molar-refractivity contribution in [3.05, 3.63) is 35.9 Å². The Hall–Kier alpha value is -1.88. The summed E-state index contributed by atoms with van der Waals surface area (Å²) >= 11 is 0. The Morgan fingerprint density at radius 3 is 2.82 bits per heavy atom. The van der Waals surface area contributed by atoms with E-state index < -0.39 is 12.1 Å². The van der Waals surface area contributed by atoms with Crippen LogP contribution < -0.4 is 5.32 Å². The van der Waals surface area contributed by atoms with Crippen LogP contribution in [0.4, 0.5) is 4.79 Å². The predicted octanol–water partition coefficient (Wildman–Crippen LogP) is 0.881.